The highest BCUT2D eigenvalue weighted by Crippen LogP contribution is 2.44. The van der Waals surface area contributed by atoms with E-state index in [9.17, 15) is 4.79 Å². The van der Waals surface area contributed by atoms with Crippen LogP contribution in [0, 0.1) is 0 Å². The number of nitrogens with one attached hydrogen (secondary N) is 1. The third kappa shape index (κ3) is 4.00. The van der Waals surface area contributed by atoms with Crippen LogP contribution in [-0.2, 0) is 4.74 Å². The van der Waals surface area contributed by atoms with Crippen molar-refractivity contribution < 1.29 is 9.53 Å². The summed E-state index contributed by atoms with van der Waals surface area (Å²) >= 11 is 0. The van der Waals surface area contributed by atoms with E-state index in [1.807, 2.05) is 38.8 Å². The Balaban J connectivity index is 1.78. The van der Waals surface area contributed by atoms with Gasteiger partial charge in [-0.3, -0.25) is 4.68 Å². The van der Waals surface area contributed by atoms with Crippen molar-refractivity contribution in [2.24, 2.45) is 0 Å². The predicted octanol–water partition coefficient (Wildman–Crippen LogP) is 4.15. The lowest BCUT2D eigenvalue weighted by molar-refractivity contribution is -0.169. The van der Waals surface area contributed by atoms with Gasteiger partial charge in [-0.05, 0) is 53.9 Å². The van der Waals surface area contributed by atoms with Crippen molar-refractivity contribution in [1.29, 1.82) is 0 Å². The molecule has 6 nitrogen and oxygen atoms in total. The summed E-state index contributed by atoms with van der Waals surface area (Å²) < 4.78 is 8.17. The Bertz CT molecular complexity index is 630. The number of carbonyl (C=O) groups is 1. The Kier molecular flexibility index (Phi) is 4.60. The fourth-order valence-electron chi connectivity index (χ4n) is 3.88. The summed E-state index contributed by atoms with van der Waals surface area (Å²) in [5.41, 5.74) is 1.36. The number of morpholine rings is 1. The van der Waals surface area contributed by atoms with Crippen LogP contribution in [0.5, 0.6) is 0 Å². The minimum atomic E-state index is -0.348. The van der Waals surface area contributed by atoms with E-state index in [-0.39, 0.29) is 17.2 Å². The lowest BCUT2D eigenvalue weighted by Gasteiger charge is -2.46. The molecule has 1 aliphatic heterocycles. The molecule has 2 fully saturated rings. The molecule has 25 heavy (non-hydrogen) atoms. The molecule has 1 saturated carbocycles. The fraction of sp³-hybridized carbons (Fsp3) is 0.789. The Morgan fingerprint density at radius 3 is 2.44 bits per heavy atom. The number of nitrogens with zero attached hydrogens (tertiary/aromatic N) is 3. The largest absolute Gasteiger partial charge is 0.366 e. The zero-order valence-electron chi connectivity index (χ0n) is 16.4. The van der Waals surface area contributed by atoms with Crippen LogP contribution < -0.4 is 5.32 Å². The second-order valence-electron chi connectivity index (χ2n) is 8.83. The van der Waals surface area contributed by atoms with E-state index in [1.165, 1.54) is 18.5 Å². The molecular formula is C19H32N4O2. The van der Waals surface area contributed by atoms with Crippen molar-refractivity contribution >= 4 is 11.7 Å². The van der Waals surface area contributed by atoms with E-state index in [4.69, 9.17) is 4.74 Å². The highest BCUT2D eigenvalue weighted by atomic mass is 16.5. The van der Waals surface area contributed by atoms with Crippen LogP contribution in [0.15, 0.2) is 6.20 Å². The minimum Gasteiger partial charge on any atom is -0.366 e. The van der Waals surface area contributed by atoms with Crippen LogP contribution in [0.1, 0.15) is 78.5 Å². The molecule has 1 unspecified atom stereocenters. The molecule has 140 valence electrons. The van der Waals surface area contributed by atoms with Crippen molar-refractivity contribution in [3.05, 3.63) is 11.9 Å². The lowest BCUT2D eigenvalue weighted by atomic mass is 9.99. The van der Waals surface area contributed by atoms with E-state index in [2.05, 4.69) is 28.9 Å². The number of urea groups is 1. The van der Waals surface area contributed by atoms with Crippen LogP contribution in [0.2, 0.25) is 0 Å². The van der Waals surface area contributed by atoms with E-state index < -0.39 is 0 Å². The molecule has 0 bridgehead atoms. The molecule has 1 N–H and O–H groups in total. The summed E-state index contributed by atoms with van der Waals surface area (Å²) in [7, 11) is 0. The van der Waals surface area contributed by atoms with Gasteiger partial charge in [0.05, 0.1) is 41.9 Å². The van der Waals surface area contributed by atoms with Crippen LogP contribution >= 0.6 is 0 Å². The summed E-state index contributed by atoms with van der Waals surface area (Å²) in [5, 5.41) is 7.69. The molecule has 1 aliphatic carbocycles. The first-order valence-electron chi connectivity index (χ1n) is 9.45. The van der Waals surface area contributed by atoms with Gasteiger partial charge in [0.2, 0.25) is 0 Å². The molecular weight excluding hydrogens is 316 g/mol. The van der Waals surface area contributed by atoms with Crippen LogP contribution in [0.3, 0.4) is 0 Å². The number of amides is 2. The van der Waals surface area contributed by atoms with Gasteiger partial charge in [0.15, 0.2) is 0 Å². The van der Waals surface area contributed by atoms with Crippen molar-refractivity contribution in [3.63, 3.8) is 0 Å². The maximum Gasteiger partial charge on any atom is 0.322 e. The molecule has 3 rings (SSSR count). The van der Waals surface area contributed by atoms with Crippen molar-refractivity contribution in [3.8, 4) is 0 Å². The molecule has 2 aliphatic rings. The number of hydrogen-bond acceptors (Lipinski definition) is 3. The van der Waals surface area contributed by atoms with E-state index >= 15 is 0 Å². The van der Waals surface area contributed by atoms with Gasteiger partial charge in [-0.1, -0.05) is 6.92 Å². The first-order chi connectivity index (χ1) is 11.6. The maximum atomic E-state index is 12.9. The number of anilines is 1. The van der Waals surface area contributed by atoms with Gasteiger partial charge in [-0.15, -0.1) is 0 Å². The summed E-state index contributed by atoms with van der Waals surface area (Å²) in [6, 6.07) is 0.289. The van der Waals surface area contributed by atoms with Gasteiger partial charge in [-0.2, -0.15) is 5.10 Å². The summed E-state index contributed by atoms with van der Waals surface area (Å²) in [6.45, 7) is 13.6. The third-order valence-electron chi connectivity index (χ3n) is 5.03. The topological polar surface area (TPSA) is 59.4 Å². The van der Waals surface area contributed by atoms with Gasteiger partial charge < -0.3 is 15.0 Å². The SMILES string of the molecule is CCC(C)n1ncc(NC(=O)N2CC(C)(C)OC(C)(C)C2)c1C1CC1. The second-order valence-corrected chi connectivity index (χ2v) is 8.83. The second kappa shape index (κ2) is 6.31. The van der Waals surface area contributed by atoms with Gasteiger partial charge >= 0.3 is 6.03 Å². The smallest absolute Gasteiger partial charge is 0.322 e. The Morgan fingerprint density at radius 2 is 1.92 bits per heavy atom. The molecule has 1 atom stereocenters. The molecule has 0 radical (unpaired) electrons. The minimum absolute atomic E-state index is 0.0601. The van der Waals surface area contributed by atoms with E-state index in [1.54, 1.807) is 0 Å². The zero-order chi connectivity index (χ0) is 18.4. The van der Waals surface area contributed by atoms with Gasteiger partial charge in [-0.25, -0.2) is 4.79 Å². The highest BCUT2D eigenvalue weighted by molar-refractivity contribution is 5.90. The van der Waals surface area contributed by atoms with Gasteiger partial charge in [0, 0.05) is 12.0 Å². The first-order valence-corrected chi connectivity index (χ1v) is 9.45. The monoisotopic (exact) mass is 348 g/mol. The van der Waals surface area contributed by atoms with Crippen LogP contribution in [-0.4, -0.2) is 45.0 Å². The number of aromatic nitrogens is 2. The average Bonchev–Trinajstić information content (AvgIpc) is 3.24. The first kappa shape index (κ1) is 18.2. The molecule has 1 saturated heterocycles. The normalized spacial score (nSPS) is 23.4. The highest BCUT2D eigenvalue weighted by Gasteiger charge is 2.40. The molecule has 2 amide bonds. The van der Waals surface area contributed by atoms with Gasteiger partial charge in [0.1, 0.15) is 0 Å². The molecule has 0 spiro atoms. The molecule has 6 heteroatoms. The molecule has 2 heterocycles. The van der Waals surface area contributed by atoms with E-state index in [0.29, 0.717) is 25.0 Å². The summed E-state index contributed by atoms with van der Waals surface area (Å²) in [4.78, 5) is 14.8. The summed E-state index contributed by atoms with van der Waals surface area (Å²) in [6.07, 6.45) is 5.21. The molecule has 1 aromatic rings. The van der Waals surface area contributed by atoms with Crippen molar-refractivity contribution in [2.45, 2.75) is 84.0 Å². The standard InChI is InChI=1S/C19H32N4O2/c1-7-13(2)23-16(14-8-9-14)15(10-20-23)21-17(24)22-11-18(3,4)25-19(5,6)12-22/h10,13-14H,7-9,11-12H2,1-6H3,(H,21,24). The zero-order valence-corrected chi connectivity index (χ0v) is 16.4. The quantitative estimate of drug-likeness (QED) is 0.889. The Morgan fingerprint density at radius 1 is 1.32 bits per heavy atom. The molecule has 1 aromatic heterocycles. The average molecular weight is 348 g/mol. The predicted molar refractivity (Wildman–Crippen MR) is 99.0 cm³/mol. The van der Waals surface area contributed by atoms with Crippen LogP contribution in [0.25, 0.3) is 0 Å². The number of hydrogen-bond donors (Lipinski definition) is 1. The Hall–Kier alpha value is -1.56. The van der Waals surface area contributed by atoms with E-state index in [0.717, 1.165) is 12.1 Å². The van der Waals surface area contributed by atoms with Crippen molar-refractivity contribution in [2.75, 3.05) is 18.4 Å². The number of carbonyl (C=O) groups excluding carboxylic acids is 1. The van der Waals surface area contributed by atoms with Crippen LogP contribution in [0.4, 0.5) is 10.5 Å². The number of rotatable bonds is 4. The fourth-order valence-corrected chi connectivity index (χ4v) is 3.88. The summed E-state index contributed by atoms with van der Waals surface area (Å²) in [5.74, 6) is 0.532. The van der Waals surface area contributed by atoms with Gasteiger partial charge in [0.25, 0.3) is 0 Å². The lowest BCUT2D eigenvalue weighted by Crippen LogP contribution is -2.59. The molecule has 0 aromatic carbocycles. The number of ether oxygens (including phenoxy) is 1. The third-order valence-corrected chi connectivity index (χ3v) is 5.03. The maximum absolute atomic E-state index is 12.9. The van der Waals surface area contributed by atoms with Crippen molar-refractivity contribution in [1.82, 2.24) is 14.7 Å². The Labute approximate surface area is 150 Å².